The predicted octanol–water partition coefficient (Wildman–Crippen LogP) is 10.1. The summed E-state index contributed by atoms with van der Waals surface area (Å²) < 4.78 is 26.1. The molecule has 0 amide bonds. The van der Waals surface area contributed by atoms with Crippen molar-refractivity contribution in [3.05, 3.63) is 24.3 Å². The largest absolute Gasteiger partial charge is 0.469 e. The first kappa shape index (κ1) is 42.5. The van der Waals surface area contributed by atoms with E-state index in [0.717, 1.165) is 38.5 Å². The molecule has 0 bridgehead atoms. The van der Waals surface area contributed by atoms with Crippen molar-refractivity contribution in [3.8, 4) is 0 Å². The molecule has 0 aromatic heterocycles. The lowest BCUT2D eigenvalue weighted by Crippen LogP contribution is -2.29. The van der Waals surface area contributed by atoms with Gasteiger partial charge in [0.1, 0.15) is 6.61 Å². The first-order chi connectivity index (χ1) is 21.3. The minimum Gasteiger partial charge on any atom is -0.462 e. The summed E-state index contributed by atoms with van der Waals surface area (Å²) in [6.45, 7) is 3.61. The number of ether oxygens (including phenoxy) is 2. The molecule has 0 rings (SSSR count). The Morgan fingerprint density at radius 3 is 1.57 bits per heavy atom. The minimum absolute atomic E-state index is 0.150. The number of rotatable bonds is 32. The van der Waals surface area contributed by atoms with Crippen LogP contribution in [0.4, 0.5) is 0 Å². The van der Waals surface area contributed by atoms with E-state index in [0.29, 0.717) is 6.42 Å². The van der Waals surface area contributed by atoms with Crippen LogP contribution in [0.15, 0.2) is 24.3 Å². The minimum atomic E-state index is -4.75. The van der Waals surface area contributed by atoms with Gasteiger partial charge in [0.15, 0.2) is 6.10 Å². The molecule has 8 nitrogen and oxygen atoms in total. The van der Waals surface area contributed by atoms with Crippen molar-refractivity contribution in [1.29, 1.82) is 0 Å². The van der Waals surface area contributed by atoms with E-state index in [1.807, 2.05) is 6.08 Å². The number of phosphoric acid groups is 1. The summed E-state index contributed by atoms with van der Waals surface area (Å²) >= 11 is 0. The van der Waals surface area contributed by atoms with Crippen LogP contribution in [0.1, 0.15) is 168 Å². The highest BCUT2D eigenvalue weighted by atomic mass is 31.2. The van der Waals surface area contributed by atoms with Gasteiger partial charge in [-0.05, 0) is 38.5 Å². The van der Waals surface area contributed by atoms with Crippen LogP contribution in [0.5, 0.6) is 0 Å². The maximum Gasteiger partial charge on any atom is 0.469 e. The molecule has 0 unspecified atom stereocenters. The number of carbonyl (C=O) groups excluding carboxylic acids is 2. The molecule has 44 heavy (non-hydrogen) atoms. The summed E-state index contributed by atoms with van der Waals surface area (Å²) in [5.74, 6) is -0.939. The van der Waals surface area contributed by atoms with Gasteiger partial charge in [-0.15, -0.1) is 0 Å². The summed E-state index contributed by atoms with van der Waals surface area (Å²) in [6.07, 6.45) is 33.5. The number of hydrogen-bond acceptors (Lipinski definition) is 6. The average Bonchev–Trinajstić information content (AvgIpc) is 2.98. The number of esters is 2. The Bertz CT molecular complexity index is 777. The van der Waals surface area contributed by atoms with E-state index >= 15 is 0 Å². The van der Waals surface area contributed by atoms with E-state index in [9.17, 15) is 14.2 Å². The molecular weight excluding hydrogens is 579 g/mol. The van der Waals surface area contributed by atoms with Crippen LogP contribution in [0.3, 0.4) is 0 Å². The molecule has 0 aliphatic carbocycles. The van der Waals surface area contributed by atoms with Crippen molar-refractivity contribution in [2.45, 2.75) is 174 Å². The van der Waals surface area contributed by atoms with Gasteiger partial charge in [0.05, 0.1) is 6.61 Å². The molecular formula is C35H65O8P. The molecule has 0 saturated heterocycles. The Morgan fingerprint density at radius 1 is 0.591 bits per heavy atom. The Balaban J connectivity index is 4.04. The highest BCUT2D eigenvalue weighted by molar-refractivity contribution is 7.46. The van der Waals surface area contributed by atoms with E-state index < -0.39 is 32.5 Å². The molecule has 0 heterocycles. The first-order valence-electron chi connectivity index (χ1n) is 17.6. The molecule has 0 radical (unpaired) electrons. The zero-order chi connectivity index (χ0) is 32.6. The highest BCUT2D eigenvalue weighted by Crippen LogP contribution is 2.35. The fourth-order valence-corrected chi connectivity index (χ4v) is 5.18. The predicted molar refractivity (Wildman–Crippen MR) is 179 cm³/mol. The van der Waals surface area contributed by atoms with E-state index in [1.165, 1.54) is 96.3 Å². The van der Waals surface area contributed by atoms with Gasteiger partial charge in [0.25, 0.3) is 0 Å². The van der Waals surface area contributed by atoms with Crippen LogP contribution in [-0.2, 0) is 28.2 Å². The SMILES string of the molecule is CCCCCCCCCCC/C=C/C/C=C/CCCC(=O)O[C@H](COC(=O)CCCCCCCCCCC)COP(=O)(O)O. The molecule has 0 aliphatic rings. The van der Waals surface area contributed by atoms with Crippen molar-refractivity contribution in [2.75, 3.05) is 13.2 Å². The summed E-state index contributed by atoms with van der Waals surface area (Å²) in [4.78, 5) is 42.4. The second kappa shape index (κ2) is 31.5. The van der Waals surface area contributed by atoms with Gasteiger partial charge >= 0.3 is 19.8 Å². The normalized spacial score (nSPS) is 12.7. The van der Waals surface area contributed by atoms with Crippen LogP contribution in [0, 0.1) is 0 Å². The van der Waals surface area contributed by atoms with Crippen LogP contribution < -0.4 is 0 Å². The molecule has 0 aromatic rings. The van der Waals surface area contributed by atoms with Crippen molar-refractivity contribution in [1.82, 2.24) is 0 Å². The van der Waals surface area contributed by atoms with Gasteiger partial charge in [-0.1, -0.05) is 141 Å². The second-order valence-electron chi connectivity index (χ2n) is 11.8. The van der Waals surface area contributed by atoms with Crippen molar-refractivity contribution in [3.63, 3.8) is 0 Å². The van der Waals surface area contributed by atoms with Crippen molar-refractivity contribution >= 4 is 19.8 Å². The standard InChI is InChI=1S/C35H65O8P/c1-3-5-7-9-11-13-14-15-16-17-18-19-20-22-24-26-28-30-35(37)43-33(32-42-44(38,39)40)31-41-34(36)29-27-25-23-21-12-10-8-6-4-2/h18-19,22,24,33H,3-17,20-21,23,25-32H2,1-2H3,(H2,38,39,40)/b19-18+,24-22+/t33-/m1/s1. The summed E-state index contributed by atoms with van der Waals surface area (Å²) in [6, 6.07) is 0. The van der Waals surface area contributed by atoms with E-state index in [1.54, 1.807) is 0 Å². The number of unbranched alkanes of at least 4 members (excludes halogenated alkanes) is 18. The Kier molecular flexibility index (Phi) is 30.5. The molecule has 2 N–H and O–H groups in total. The summed E-state index contributed by atoms with van der Waals surface area (Å²) in [5.41, 5.74) is 0. The van der Waals surface area contributed by atoms with Crippen LogP contribution in [0.25, 0.3) is 0 Å². The van der Waals surface area contributed by atoms with Crippen LogP contribution >= 0.6 is 7.82 Å². The highest BCUT2D eigenvalue weighted by Gasteiger charge is 2.22. The third kappa shape index (κ3) is 33.4. The zero-order valence-electron chi connectivity index (χ0n) is 28.1. The van der Waals surface area contributed by atoms with Crippen LogP contribution in [0.2, 0.25) is 0 Å². The topological polar surface area (TPSA) is 119 Å². The monoisotopic (exact) mass is 644 g/mol. The Hall–Kier alpha value is -1.47. The smallest absolute Gasteiger partial charge is 0.462 e. The molecule has 0 fully saturated rings. The fraction of sp³-hybridized carbons (Fsp3) is 0.829. The quantitative estimate of drug-likeness (QED) is 0.0321. The molecule has 0 aliphatic heterocycles. The first-order valence-corrected chi connectivity index (χ1v) is 19.2. The van der Waals surface area contributed by atoms with Gasteiger partial charge in [0, 0.05) is 12.8 Å². The molecule has 0 spiro atoms. The number of hydrogen-bond donors (Lipinski definition) is 2. The lowest BCUT2D eigenvalue weighted by molar-refractivity contribution is -0.161. The lowest BCUT2D eigenvalue weighted by Gasteiger charge is -2.18. The summed E-state index contributed by atoms with van der Waals surface area (Å²) in [7, 11) is -4.75. The van der Waals surface area contributed by atoms with Crippen molar-refractivity contribution in [2.24, 2.45) is 0 Å². The third-order valence-corrected chi connectivity index (χ3v) is 7.96. The van der Waals surface area contributed by atoms with Gasteiger partial charge in [-0.2, -0.15) is 0 Å². The molecule has 0 saturated carbocycles. The maximum atomic E-state index is 12.3. The lowest BCUT2D eigenvalue weighted by atomic mass is 10.1. The van der Waals surface area contributed by atoms with Gasteiger partial charge in [0.2, 0.25) is 0 Å². The van der Waals surface area contributed by atoms with Gasteiger partial charge in [-0.25, -0.2) is 4.57 Å². The van der Waals surface area contributed by atoms with Gasteiger partial charge in [-0.3, -0.25) is 14.1 Å². The van der Waals surface area contributed by atoms with Gasteiger partial charge < -0.3 is 19.3 Å². The molecule has 1 atom stereocenters. The fourth-order valence-electron chi connectivity index (χ4n) is 4.82. The molecule has 258 valence electrons. The second-order valence-corrected chi connectivity index (χ2v) is 13.1. The molecule has 0 aromatic carbocycles. The average molecular weight is 645 g/mol. The van der Waals surface area contributed by atoms with E-state index in [2.05, 4.69) is 36.6 Å². The summed E-state index contributed by atoms with van der Waals surface area (Å²) in [5, 5.41) is 0. The Labute approximate surface area is 269 Å². The van der Waals surface area contributed by atoms with E-state index in [-0.39, 0.29) is 19.4 Å². The molecule has 9 heteroatoms. The maximum absolute atomic E-state index is 12.3. The Morgan fingerprint density at radius 2 is 1.05 bits per heavy atom. The third-order valence-electron chi connectivity index (χ3n) is 7.47. The van der Waals surface area contributed by atoms with E-state index in [4.69, 9.17) is 19.3 Å². The number of carbonyl (C=O) groups is 2. The number of allylic oxidation sites excluding steroid dienone is 4. The number of phosphoric ester groups is 1. The van der Waals surface area contributed by atoms with Crippen molar-refractivity contribution < 1.29 is 37.9 Å². The van der Waals surface area contributed by atoms with Crippen LogP contribution in [-0.4, -0.2) is 41.0 Å². The zero-order valence-corrected chi connectivity index (χ0v) is 29.0.